The zero-order valence-electron chi connectivity index (χ0n) is 48.1. The van der Waals surface area contributed by atoms with Gasteiger partial charge in [0, 0.05) is 58.5 Å². The van der Waals surface area contributed by atoms with Gasteiger partial charge < -0.3 is 53.4 Å². The molecule has 19 heteroatoms. The summed E-state index contributed by atoms with van der Waals surface area (Å²) in [6.07, 6.45) is 9.39. The molecular formula is C59H90BrNO17. The predicted molar refractivity (Wildman–Crippen MR) is 294 cm³/mol. The van der Waals surface area contributed by atoms with E-state index in [-0.39, 0.29) is 49.2 Å². The molecule has 0 aromatic rings. The molecule has 78 heavy (non-hydrogen) atoms. The lowest BCUT2D eigenvalue weighted by molar-refractivity contribution is -0.265. The average molecular weight is 1170 g/mol. The average Bonchev–Trinajstić information content (AvgIpc) is 3.41. The van der Waals surface area contributed by atoms with Crippen LogP contribution in [-0.2, 0) is 66.7 Å². The molecule has 1 aliphatic carbocycles. The summed E-state index contributed by atoms with van der Waals surface area (Å²) in [5.41, 5.74) is -0.335. The second kappa shape index (κ2) is 30.8. The van der Waals surface area contributed by atoms with Crippen LogP contribution in [0.3, 0.4) is 0 Å². The van der Waals surface area contributed by atoms with Gasteiger partial charge in [-0.05, 0) is 121 Å². The predicted octanol–water partition coefficient (Wildman–Crippen LogP) is 7.06. The number of hydrogen-bond acceptors (Lipinski definition) is 17. The van der Waals surface area contributed by atoms with Crippen molar-refractivity contribution in [3.05, 3.63) is 47.6 Å². The summed E-state index contributed by atoms with van der Waals surface area (Å²) in [4.78, 5) is 97.8. The minimum Gasteiger partial charge on any atom is -0.464 e. The summed E-state index contributed by atoms with van der Waals surface area (Å²) >= 11 is 3.14. The monoisotopic (exact) mass is 1160 g/mol. The fraction of sp³-hybridized carbons (Fsp3) is 0.746. The second-order valence-electron chi connectivity index (χ2n) is 22.9. The number of cyclic esters (lactones) is 1. The van der Waals surface area contributed by atoms with E-state index in [9.17, 15) is 48.9 Å². The molecule has 4 aliphatic rings. The fourth-order valence-electron chi connectivity index (χ4n) is 11.0. The highest BCUT2D eigenvalue weighted by Gasteiger charge is 2.53. The minimum atomic E-state index is -2.48. The summed E-state index contributed by atoms with van der Waals surface area (Å²) in [7, 11) is 4.42. The first kappa shape index (κ1) is 66.6. The summed E-state index contributed by atoms with van der Waals surface area (Å²) in [6.45, 7) is 14.5. The Labute approximate surface area is 470 Å². The summed E-state index contributed by atoms with van der Waals surface area (Å²) in [6, 6.07) is -1.22. The number of aliphatic hydroxyl groups excluding tert-OH is 2. The van der Waals surface area contributed by atoms with Crippen molar-refractivity contribution in [2.45, 2.75) is 199 Å². The zero-order chi connectivity index (χ0) is 58.2. The van der Waals surface area contributed by atoms with Crippen LogP contribution < -0.4 is 0 Å². The van der Waals surface area contributed by atoms with Gasteiger partial charge in [0.05, 0.1) is 24.9 Å². The van der Waals surface area contributed by atoms with E-state index in [2.05, 4.69) is 15.9 Å². The Bertz CT molecular complexity index is 2190. The Morgan fingerprint density at radius 2 is 1.59 bits per heavy atom. The van der Waals surface area contributed by atoms with Crippen molar-refractivity contribution in [3.63, 3.8) is 0 Å². The van der Waals surface area contributed by atoms with E-state index in [4.69, 9.17) is 33.2 Å². The Morgan fingerprint density at radius 3 is 2.23 bits per heavy atom. The van der Waals surface area contributed by atoms with E-state index in [1.165, 1.54) is 21.1 Å². The highest BCUT2D eigenvalue weighted by atomic mass is 79.9. The number of alkyl halides is 1. The molecule has 3 heterocycles. The van der Waals surface area contributed by atoms with Crippen molar-refractivity contribution in [2.75, 3.05) is 41.1 Å². The van der Waals surface area contributed by atoms with Crippen LogP contribution >= 0.6 is 15.9 Å². The third kappa shape index (κ3) is 17.8. The largest absolute Gasteiger partial charge is 0.464 e. The number of fused-ring (bicyclic) bond motifs is 3. The van der Waals surface area contributed by atoms with Crippen molar-refractivity contribution in [1.82, 2.24) is 4.90 Å². The van der Waals surface area contributed by atoms with Crippen molar-refractivity contribution < 1.29 is 82.0 Å². The van der Waals surface area contributed by atoms with Gasteiger partial charge in [0.15, 0.2) is 5.78 Å². The molecule has 0 spiro atoms. The quantitative estimate of drug-likeness (QED) is 0.0582. The Balaban J connectivity index is 1.67. The van der Waals surface area contributed by atoms with Crippen LogP contribution in [0.4, 0.5) is 0 Å². The molecule has 18 nitrogen and oxygen atoms in total. The van der Waals surface area contributed by atoms with E-state index in [1.807, 2.05) is 51.2 Å². The molecule has 2 bridgehead atoms. The molecule has 1 saturated carbocycles. The standard InChI is InChI=1S/C59H90BrNO17/c1-34-18-14-13-15-19-35(2)47(72-10)30-43-23-21-40(7)59(71,78-43)53(66)54(67)61-25-17-16-20-44(61)56(69)76-48(31-45(63)36(3)27-39(6)51(65)52(74-12)50(64)38(5)26-34)37(4)28-42-22-24-46(49(29-42)73-11)77-57(70)58(9,32-62)33-75-55(68)41(8)60/h13-15,18-19,27,34,36-38,40-44,46-49,51-52,62,65,71H,16-17,20-26,28-33H2,1-12H3/b15-13+,18-14+,35-19+,39-27+/t34?,36?,37-,38+,40+,41?,42-,43-,44?,46+,47-,48-,49+,51+,52?,58?,59+/m0/s1. The lowest BCUT2D eigenvalue weighted by atomic mass is 9.78. The van der Waals surface area contributed by atoms with Crippen LogP contribution in [0.25, 0.3) is 0 Å². The maximum atomic E-state index is 14.6. The number of esters is 3. The lowest BCUT2D eigenvalue weighted by Crippen LogP contribution is -2.61. The van der Waals surface area contributed by atoms with Gasteiger partial charge in [0.2, 0.25) is 5.79 Å². The second-order valence-corrected chi connectivity index (χ2v) is 24.3. The number of aliphatic hydroxyl groups is 3. The Morgan fingerprint density at radius 1 is 0.885 bits per heavy atom. The Hall–Kier alpha value is -3.95. The molecule has 3 aliphatic heterocycles. The topological polar surface area (TPSA) is 248 Å². The number of carbonyl (C=O) groups excluding carboxylic acids is 7. The molecule has 0 aromatic heterocycles. The van der Waals surface area contributed by atoms with Crippen molar-refractivity contribution in [2.24, 2.45) is 40.9 Å². The number of halogens is 1. The van der Waals surface area contributed by atoms with Gasteiger partial charge in [-0.15, -0.1) is 0 Å². The van der Waals surface area contributed by atoms with Crippen molar-refractivity contribution in [1.29, 1.82) is 0 Å². The third-order valence-corrected chi connectivity index (χ3v) is 16.8. The van der Waals surface area contributed by atoms with Crippen LogP contribution in [0.15, 0.2) is 47.6 Å². The van der Waals surface area contributed by atoms with Crippen LogP contribution in [0.2, 0.25) is 0 Å². The number of piperidine rings is 1. The van der Waals surface area contributed by atoms with E-state index < -0.39 is 131 Å². The molecule has 3 N–H and O–H groups in total. The van der Waals surface area contributed by atoms with Gasteiger partial charge in [0.25, 0.3) is 11.7 Å². The maximum absolute atomic E-state index is 14.6. The molecule has 3 fully saturated rings. The number of ether oxygens (including phenoxy) is 7. The third-order valence-electron chi connectivity index (χ3n) is 16.4. The van der Waals surface area contributed by atoms with E-state index in [1.54, 1.807) is 47.8 Å². The van der Waals surface area contributed by atoms with Gasteiger partial charge >= 0.3 is 17.9 Å². The number of amides is 1. The van der Waals surface area contributed by atoms with Gasteiger partial charge in [-0.25, -0.2) is 4.79 Å². The summed E-state index contributed by atoms with van der Waals surface area (Å²) < 4.78 is 41.0. The molecule has 1 amide bonds. The minimum absolute atomic E-state index is 0.0150. The van der Waals surface area contributed by atoms with E-state index in [0.29, 0.717) is 63.4 Å². The number of ketones is 3. The first-order valence-corrected chi connectivity index (χ1v) is 28.8. The van der Waals surface area contributed by atoms with Gasteiger partial charge in [-0.2, -0.15) is 0 Å². The van der Waals surface area contributed by atoms with Crippen LogP contribution in [0.5, 0.6) is 0 Å². The number of allylic oxidation sites excluding steroid dienone is 6. The first-order chi connectivity index (χ1) is 36.7. The van der Waals surface area contributed by atoms with Gasteiger partial charge in [-0.1, -0.05) is 87.0 Å². The lowest BCUT2D eigenvalue weighted by Gasteiger charge is -2.42. The molecule has 440 valence electrons. The molecule has 0 radical (unpaired) electrons. The van der Waals surface area contributed by atoms with Crippen LogP contribution in [-0.4, -0.2) is 162 Å². The number of hydrogen-bond donors (Lipinski definition) is 3. The van der Waals surface area contributed by atoms with E-state index in [0.717, 1.165) is 10.5 Å². The van der Waals surface area contributed by atoms with Crippen molar-refractivity contribution in [3.8, 4) is 0 Å². The highest BCUT2D eigenvalue weighted by Crippen LogP contribution is 2.39. The summed E-state index contributed by atoms with van der Waals surface area (Å²) in [5, 5.41) is 33.8. The number of methoxy groups -OCH3 is 3. The van der Waals surface area contributed by atoms with Crippen LogP contribution in [0.1, 0.15) is 139 Å². The number of rotatable bonds is 12. The maximum Gasteiger partial charge on any atom is 0.329 e. The molecule has 0 aromatic carbocycles. The zero-order valence-corrected chi connectivity index (χ0v) is 49.7. The number of Topliss-reactive ketones (excluding diaryl/α,β-unsaturated/α-hetero) is 3. The Kier molecular flexibility index (Phi) is 26.2. The van der Waals surface area contributed by atoms with Gasteiger partial charge in [0.1, 0.15) is 53.1 Å². The molecule has 2 saturated heterocycles. The number of nitrogens with zero attached hydrogens (tertiary/aromatic N) is 1. The molecule has 6 unspecified atom stereocenters. The molecular weight excluding hydrogens is 1070 g/mol. The fourth-order valence-corrected chi connectivity index (χ4v) is 11.2. The number of carbonyl (C=O) groups is 7. The first-order valence-electron chi connectivity index (χ1n) is 27.9. The smallest absolute Gasteiger partial charge is 0.329 e. The SMILES string of the molecule is COC1C(=O)[C@H](C)CC(C)/C=C/C=C/C=C(\C)[C@@H](OC)C[C@@H]2CC[C@@H](C)[C@@](O)(O2)C(=O)C(=O)N2CCCCC2C(=O)O[C@H]([C@@H](C)C[C@@H]2CC[C@@H](OC(=O)C(C)(CO)COC(=O)C(C)Br)[C@H](OC)C2)CC(=O)C(C)/C=C(\C)[C@H]1O. The van der Waals surface area contributed by atoms with Crippen molar-refractivity contribution >= 4 is 57.1 Å². The van der Waals surface area contributed by atoms with Gasteiger partial charge in [-0.3, -0.25) is 28.8 Å². The van der Waals surface area contributed by atoms with Crippen LogP contribution in [0, 0.1) is 40.9 Å². The summed E-state index contributed by atoms with van der Waals surface area (Å²) in [5.74, 6) is -10.1. The van der Waals surface area contributed by atoms with E-state index >= 15 is 0 Å². The highest BCUT2D eigenvalue weighted by molar-refractivity contribution is 9.10. The molecule has 17 atom stereocenters. The normalized spacial score (nSPS) is 36.7. The molecule has 4 rings (SSSR count).